The Balaban J connectivity index is 2.19. The highest BCUT2D eigenvalue weighted by molar-refractivity contribution is 7.49. The van der Waals surface area contributed by atoms with E-state index in [0.29, 0.717) is 25.3 Å². The first-order valence-corrected chi connectivity index (χ1v) is 34.5. The molecular formula is C54H82Cl6NO15PSi. The quantitative estimate of drug-likeness (QED) is 0.0169. The summed E-state index contributed by atoms with van der Waals surface area (Å²) in [7, 11) is -6.84. The molecule has 0 spiro atoms. The fraction of sp³-hybridized carbons (Fsp3) is 0.704. The summed E-state index contributed by atoms with van der Waals surface area (Å²) in [5.41, 5.74) is -1.73. The van der Waals surface area contributed by atoms with Gasteiger partial charge in [0.05, 0.1) is 6.42 Å². The molecule has 2 aromatic rings. The average Bonchev–Trinajstić information content (AvgIpc) is 3.34. The number of para-hydroxylation sites is 2. The number of nitrogens with one attached hydrogen (secondary N) is 1. The summed E-state index contributed by atoms with van der Waals surface area (Å²) < 4.78 is 71.3. The smallest absolute Gasteiger partial charge is 0.462 e. The Kier molecular flexibility index (Phi) is 31.8. The van der Waals surface area contributed by atoms with Crippen molar-refractivity contribution in [3.8, 4) is 11.5 Å². The molecule has 0 radical (unpaired) electrons. The molecule has 6 atom stereocenters. The van der Waals surface area contributed by atoms with Gasteiger partial charge in [0.15, 0.2) is 18.0 Å². The molecule has 0 saturated carbocycles. The van der Waals surface area contributed by atoms with Crippen LogP contribution in [0.3, 0.4) is 0 Å². The van der Waals surface area contributed by atoms with E-state index in [1.165, 1.54) is 51.0 Å². The Morgan fingerprint density at radius 3 is 1.74 bits per heavy atom. The molecule has 1 saturated heterocycles. The maximum Gasteiger partial charge on any atom is 0.588 e. The third-order valence-corrected chi connectivity index (χ3v) is 17.1. The second-order valence-corrected chi connectivity index (χ2v) is 32.9. The number of carbonyl (C=O) groups is 4. The van der Waals surface area contributed by atoms with E-state index >= 15 is 4.57 Å². The number of hydrogen-bond acceptors (Lipinski definition) is 15. The molecule has 1 amide bonds. The SMILES string of the molecule is CCCCCCCCCCC[C@H](CC(=O)O[C@@H]1[C@H](NC(=O)OCC(Cl)(Cl)Cl)[C@@H](OCC[Si](C)(C)C)O[C@H](COC(=O)OC(C)(C)C(Cl)(Cl)Cl)[C@H]1OP(=O)(Oc1ccccc1)Oc1ccccc1)OC(=O)CCCCCCCC. The van der Waals surface area contributed by atoms with Gasteiger partial charge in [0.25, 0.3) is 0 Å². The summed E-state index contributed by atoms with van der Waals surface area (Å²) in [6.45, 7) is 11.9. The lowest BCUT2D eigenvalue weighted by Gasteiger charge is -2.45. The van der Waals surface area contributed by atoms with Gasteiger partial charge in [-0.1, -0.05) is 223 Å². The standard InChI is InChI=1S/C54H82Cl6NO15PSi/c1-8-10-12-14-16-17-18-19-23-33-42(70-44(62)34-28-20-15-13-11-9-2)37-45(63)72-48-46(61-50(64)69-39-53(55,56)57)49(67-35-36-78(5,6)7)71-43(38-68-51(65)73-52(3,4)54(58,59)60)47(48)76-77(66,74-40-29-24-21-25-30-40)75-41-31-26-22-27-32-41/h21-22,24-27,29-32,42-43,46-49H,8-20,23,28,33-39H2,1-7H3,(H,61,64)/t42-,43-,46+,47-,48-,49+/m1/s1. The van der Waals surface area contributed by atoms with E-state index in [4.69, 9.17) is 116 Å². The molecule has 1 N–H and O–H groups in total. The number of esters is 2. The number of alkyl halides is 6. The largest absolute Gasteiger partial charge is 0.588 e. The Bertz CT molecular complexity index is 2060. The van der Waals surface area contributed by atoms with Gasteiger partial charge in [-0.3, -0.25) is 14.1 Å². The molecular weight excluding hydrogens is 1170 g/mol. The van der Waals surface area contributed by atoms with Crippen molar-refractivity contribution in [1.82, 2.24) is 5.32 Å². The highest BCUT2D eigenvalue weighted by Crippen LogP contribution is 2.53. The molecule has 24 heteroatoms. The fourth-order valence-corrected chi connectivity index (χ4v) is 10.3. The van der Waals surface area contributed by atoms with Gasteiger partial charge in [-0.25, -0.2) is 14.2 Å². The van der Waals surface area contributed by atoms with E-state index in [2.05, 4.69) is 38.8 Å². The number of amides is 1. The van der Waals surface area contributed by atoms with Crippen molar-refractivity contribution in [2.24, 2.45) is 0 Å². The van der Waals surface area contributed by atoms with Crippen LogP contribution in [0.4, 0.5) is 9.59 Å². The van der Waals surface area contributed by atoms with Gasteiger partial charge in [-0.2, -0.15) is 0 Å². The number of phosphoric ester groups is 1. The summed E-state index contributed by atoms with van der Waals surface area (Å²) in [5.74, 6) is -1.32. The molecule has 444 valence electrons. The number of ether oxygens (including phenoxy) is 7. The van der Waals surface area contributed by atoms with Crippen LogP contribution in [0.2, 0.25) is 25.7 Å². The normalized spacial score (nSPS) is 18.6. The van der Waals surface area contributed by atoms with Crippen LogP contribution in [0.1, 0.15) is 143 Å². The van der Waals surface area contributed by atoms with Crippen LogP contribution in [-0.4, -0.2) is 102 Å². The van der Waals surface area contributed by atoms with Gasteiger partial charge in [0.1, 0.15) is 49.1 Å². The average molecular weight is 1260 g/mol. The number of halogens is 6. The lowest BCUT2D eigenvalue weighted by atomic mass is 9.96. The van der Waals surface area contributed by atoms with Crippen molar-refractivity contribution in [3.05, 3.63) is 60.7 Å². The summed E-state index contributed by atoms with van der Waals surface area (Å²) >= 11 is 36.3. The van der Waals surface area contributed by atoms with Crippen LogP contribution in [0.5, 0.6) is 11.5 Å². The minimum atomic E-state index is -5.01. The van der Waals surface area contributed by atoms with E-state index in [-0.39, 0.29) is 24.5 Å². The molecule has 1 fully saturated rings. The van der Waals surface area contributed by atoms with Gasteiger partial charge in [0.2, 0.25) is 7.59 Å². The molecule has 0 aromatic heterocycles. The molecule has 2 aromatic carbocycles. The van der Waals surface area contributed by atoms with Crippen LogP contribution in [0.15, 0.2) is 60.7 Å². The topological polar surface area (TPSA) is 190 Å². The highest BCUT2D eigenvalue weighted by Gasteiger charge is 2.55. The fourth-order valence-electron chi connectivity index (χ4n) is 7.85. The van der Waals surface area contributed by atoms with Crippen LogP contribution >= 0.6 is 77.4 Å². The van der Waals surface area contributed by atoms with E-state index in [0.717, 1.165) is 70.6 Å². The maximum atomic E-state index is 15.4. The van der Waals surface area contributed by atoms with Crippen molar-refractivity contribution in [2.45, 2.75) is 219 Å². The first-order chi connectivity index (χ1) is 36.7. The molecule has 0 aliphatic carbocycles. The van der Waals surface area contributed by atoms with Crippen LogP contribution in [0.25, 0.3) is 0 Å². The first-order valence-electron chi connectivity index (χ1n) is 27.1. The Labute approximate surface area is 493 Å². The predicted molar refractivity (Wildman–Crippen MR) is 309 cm³/mol. The highest BCUT2D eigenvalue weighted by atomic mass is 35.6. The molecule has 1 aliphatic rings. The van der Waals surface area contributed by atoms with Gasteiger partial charge < -0.3 is 47.5 Å². The summed E-state index contributed by atoms with van der Waals surface area (Å²) in [4.78, 5) is 55.5. The van der Waals surface area contributed by atoms with Crippen LogP contribution < -0.4 is 14.4 Å². The predicted octanol–water partition coefficient (Wildman–Crippen LogP) is 16.4. The number of alkyl carbamates (subject to hydrolysis) is 1. The first kappa shape index (κ1) is 69.9. The van der Waals surface area contributed by atoms with Gasteiger partial charge in [-0.15, -0.1) is 0 Å². The zero-order chi connectivity index (χ0) is 57.8. The molecule has 0 bridgehead atoms. The zero-order valence-electron chi connectivity index (χ0n) is 46.1. The lowest BCUT2D eigenvalue weighted by Crippen LogP contribution is -2.66. The number of rotatable bonds is 36. The van der Waals surface area contributed by atoms with Crippen LogP contribution in [0, 0.1) is 0 Å². The second-order valence-electron chi connectivity index (χ2n) is 21.0. The minimum Gasteiger partial charge on any atom is -0.462 e. The molecule has 0 unspecified atom stereocenters. The van der Waals surface area contributed by atoms with Crippen molar-refractivity contribution in [2.75, 3.05) is 19.8 Å². The van der Waals surface area contributed by atoms with E-state index in [9.17, 15) is 19.2 Å². The monoisotopic (exact) mass is 1250 g/mol. The molecule has 16 nitrogen and oxygen atoms in total. The Morgan fingerprint density at radius 1 is 0.705 bits per heavy atom. The summed E-state index contributed by atoms with van der Waals surface area (Å²) in [5, 5.41) is 2.62. The Morgan fingerprint density at radius 2 is 1.23 bits per heavy atom. The van der Waals surface area contributed by atoms with Gasteiger partial charge in [-0.05, 0) is 63.4 Å². The number of phosphoric acid groups is 1. The van der Waals surface area contributed by atoms with Crippen molar-refractivity contribution >= 4 is 110 Å². The zero-order valence-corrected chi connectivity index (χ0v) is 52.6. The lowest BCUT2D eigenvalue weighted by molar-refractivity contribution is -0.269. The van der Waals surface area contributed by atoms with Crippen molar-refractivity contribution < 1.29 is 70.5 Å². The number of hydrogen-bond donors (Lipinski definition) is 1. The van der Waals surface area contributed by atoms with Gasteiger partial charge in [0, 0.05) is 21.1 Å². The van der Waals surface area contributed by atoms with E-state index in [1.54, 1.807) is 36.4 Å². The summed E-state index contributed by atoms with van der Waals surface area (Å²) in [6.07, 6.45) is 4.84. The number of carbonyl (C=O) groups excluding carboxylic acids is 4. The van der Waals surface area contributed by atoms with Crippen molar-refractivity contribution in [1.29, 1.82) is 0 Å². The molecule has 1 heterocycles. The minimum absolute atomic E-state index is 0.0342. The van der Waals surface area contributed by atoms with Crippen molar-refractivity contribution in [3.63, 3.8) is 0 Å². The number of unbranched alkanes of at least 4 members (excludes halogenated alkanes) is 13. The van der Waals surface area contributed by atoms with E-state index < -0.39 is 110 Å². The third kappa shape index (κ3) is 29.0. The number of benzene rings is 2. The van der Waals surface area contributed by atoms with Gasteiger partial charge >= 0.3 is 32.0 Å². The maximum absolute atomic E-state index is 15.4. The second kappa shape index (κ2) is 35.6. The Hall–Kier alpha value is -2.41. The molecule has 78 heavy (non-hydrogen) atoms. The molecule has 3 rings (SSSR count). The molecule has 1 aliphatic heterocycles. The third-order valence-electron chi connectivity index (χ3n) is 12.3. The van der Waals surface area contributed by atoms with E-state index in [1.807, 2.05) is 0 Å². The summed E-state index contributed by atoms with van der Waals surface area (Å²) in [6, 6.07) is 14.9. The van der Waals surface area contributed by atoms with Crippen LogP contribution in [-0.2, 0) is 51.8 Å².